The maximum absolute atomic E-state index is 13.9. The Hall–Kier alpha value is -3.93. The zero-order valence-electron chi connectivity index (χ0n) is 16.7. The van der Waals surface area contributed by atoms with Crippen LogP contribution in [0.5, 0.6) is 5.75 Å². The Morgan fingerprint density at radius 1 is 1.33 bits per heavy atom. The van der Waals surface area contributed by atoms with E-state index >= 15 is 0 Å². The second kappa shape index (κ2) is 7.15. The lowest BCUT2D eigenvalue weighted by atomic mass is 10.0. The molecule has 1 aromatic carbocycles. The topological polar surface area (TPSA) is 110 Å². The summed E-state index contributed by atoms with van der Waals surface area (Å²) in [4.78, 5) is 18.8. The lowest BCUT2D eigenvalue weighted by molar-refractivity contribution is 0.0776. The van der Waals surface area contributed by atoms with Gasteiger partial charge >= 0.3 is 0 Å². The van der Waals surface area contributed by atoms with Crippen LogP contribution in [0.4, 0.5) is 10.2 Å². The molecule has 8 nitrogen and oxygen atoms in total. The van der Waals surface area contributed by atoms with Gasteiger partial charge in [-0.3, -0.25) is 9.48 Å². The summed E-state index contributed by atoms with van der Waals surface area (Å²) in [6.45, 7) is 1.87. The molecule has 1 amide bonds. The van der Waals surface area contributed by atoms with E-state index in [-0.39, 0.29) is 29.6 Å². The van der Waals surface area contributed by atoms with Crippen molar-refractivity contribution in [3.8, 4) is 22.9 Å². The minimum atomic E-state index is -0.624. The van der Waals surface area contributed by atoms with Crippen molar-refractivity contribution in [1.29, 1.82) is 5.26 Å². The SMILES string of the molecule is CC1Oc2cc(F)ccc2C(=O)N(C)Cc2nn(C)c(C#N)c2-c2cnc(N)c1c2. The Kier molecular flexibility index (Phi) is 4.62. The van der Waals surface area contributed by atoms with Gasteiger partial charge in [0.1, 0.15) is 35.3 Å². The summed E-state index contributed by atoms with van der Waals surface area (Å²) in [6, 6.07) is 7.73. The summed E-state index contributed by atoms with van der Waals surface area (Å²) in [5.74, 6) is -0.519. The smallest absolute Gasteiger partial charge is 0.257 e. The third-order valence-electron chi connectivity index (χ3n) is 5.11. The maximum Gasteiger partial charge on any atom is 0.257 e. The normalized spacial score (nSPS) is 15.9. The van der Waals surface area contributed by atoms with Crippen LogP contribution in [0, 0.1) is 17.1 Å². The van der Waals surface area contributed by atoms with E-state index in [1.807, 2.05) is 0 Å². The van der Waals surface area contributed by atoms with Gasteiger partial charge in [-0.15, -0.1) is 0 Å². The number of halogens is 1. The van der Waals surface area contributed by atoms with Crippen molar-refractivity contribution in [3.63, 3.8) is 0 Å². The highest BCUT2D eigenvalue weighted by atomic mass is 19.1. The quantitative estimate of drug-likeness (QED) is 0.615. The van der Waals surface area contributed by atoms with Gasteiger partial charge in [0.2, 0.25) is 0 Å². The number of nitrogens with two attached hydrogens (primary N) is 1. The van der Waals surface area contributed by atoms with Crippen molar-refractivity contribution in [3.05, 3.63) is 58.8 Å². The Morgan fingerprint density at radius 3 is 2.83 bits per heavy atom. The summed E-state index contributed by atoms with van der Waals surface area (Å²) in [6.07, 6.45) is 0.940. The van der Waals surface area contributed by atoms with E-state index in [0.717, 1.165) is 0 Å². The summed E-state index contributed by atoms with van der Waals surface area (Å²) in [5, 5.41) is 14.1. The molecular weight excluding hydrogens is 387 g/mol. The van der Waals surface area contributed by atoms with Crippen molar-refractivity contribution in [2.24, 2.45) is 7.05 Å². The molecule has 2 aromatic heterocycles. The van der Waals surface area contributed by atoms with Crippen LogP contribution in [0.25, 0.3) is 11.1 Å². The highest BCUT2D eigenvalue weighted by Crippen LogP contribution is 2.35. The predicted octanol–water partition coefficient (Wildman–Crippen LogP) is 2.80. The average Bonchev–Trinajstić information content (AvgIpc) is 3.02. The molecule has 1 aliphatic heterocycles. The van der Waals surface area contributed by atoms with E-state index in [1.54, 1.807) is 33.3 Å². The van der Waals surface area contributed by atoms with E-state index in [0.29, 0.717) is 28.1 Å². The van der Waals surface area contributed by atoms with Gasteiger partial charge in [-0.2, -0.15) is 10.4 Å². The standard InChI is InChI=1S/C21H19FN6O2/c1-11-15-6-12(9-25-20(15)24)19-16(26-28(3)17(19)8-23)10-27(2)21(29)14-5-4-13(22)7-18(14)30-11/h4-7,9,11H,10H2,1-3H3,(H2,24,25). The van der Waals surface area contributed by atoms with Crippen molar-refractivity contribution >= 4 is 11.7 Å². The van der Waals surface area contributed by atoms with Crippen LogP contribution in [0.1, 0.15) is 40.3 Å². The third-order valence-corrected chi connectivity index (χ3v) is 5.11. The number of benzene rings is 1. The number of nitriles is 1. The van der Waals surface area contributed by atoms with Crippen molar-refractivity contribution in [2.75, 3.05) is 12.8 Å². The van der Waals surface area contributed by atoms with Gasteiger partial charge < -0.3 is 15.4 Å². The van der Waals surface area contributed by atoms with Gasteiger partial charge in [-0.25, -0.2) is 9.37 Å². The van der Waals surface area contributed by atoms with Crippen molar-refractivity contribution in [1.82, 2.24) is 19.7 Å². The van der Waals surface area contributed by atoms with E-state index in [4.69, 9.17) is 10.5 Å². The number of carbonyl (C=O) groups is 1. The molecule has 0 aliphatic carbocycles. The second-order valence-electron chi connectivity index (χ2n) is 7.17. The Labute approximate surface area is 172 Å². The number of nitrogen functional groups attached to an aromatic ring is 1. The molecule has 4 rings (SSSR count). The second-order valence-corrected chi connectivity index (χ2v) is 7.17. The maximum atomic E-state index is 13.9. The van der Waals surface area contributed by atoms with Crippen LogP contribution in [-0.4, -0.2) is 32.6 Å². The van der Waals surface area contributed by atoms with Gasteiger partial charge in [0.25, 0.3) is 5.91 Å². The predicted molar refractivity (Wildman–Crippen MR) is 107 cm³/mol. The number of hydrogen-bond acceptors (Lipinski definition) is 6. The first-order valence-electron chi connectivity index (χ1n) is 9.23. The van der Waals surface area contributed by atoms with Gasteiger partial charge in [0.05, 0.1) is 17.8 Å². The molecule has 0 spiro atoms. The van der Waals surface area contributed by atoms with Crippen molar-refractivity contribution in [2.45, 2.75) is 19.6 Å². The van der Waals surface area contributed by atoms with Crippen LogP contribution < -0.4 is 10.5 Å². The van der Waals surface area contributed by atoms with Crippen LogP contribution in [0.15, 0.2) is 30.5 Å². The molecule has 0 radical (unpaired) electrons. The molecule has 2 bridgehead atoms. The highest BCUT2D eigenvalue weighted by Gasteiger charge is 2.26. The molecule has 0 saturated carbocycles. The Morgan fingerprint density at radius 2 is 2.10 bits per heavy atom. The molecular formula is C21H19FN6O2. The number of aromatic nitrogens is 3. The van der Waals surface area contributed by atoms with Crippen LogP contribution in [0.3, 0.4) is 0 Å². The van der Waals surface area contributed by atoms with Gasteiger partial charge in [0.15, 0.2) is 0 Å². The Bertz CT molecular complexity index is 1210. The molecule has 0 fully saturated rings. The number of carbonyl (C=O) groups excluding carboxylic acids is 1. The number of anilines is 1. The van der Waals surface area contributed by atoms with Crippen LogP contribution >= 0.6 is 0 Å². The first-order valence-corrected chi connectivity index (χ1v) is 9.23. The Balaban J connectivity index is 1.99. The zero-order valence-corrected chi connectivity index (χ0v) is 16.7. The zero-order chi connectivity index (χ0) is 21.6. The summed E-state index contributed by atoms with van der Waals surface area (Å²) in [7, 11) is 3.28. The molecule has 3 aromatic rings. The average molecular weight is 406 g/mol. The third kappa shape index (κ3) is 3.12. The van der Waals surface area contributed by atoms with Crippen LogP contribution in [-0.2, 0) is 13.6 Å². The van der Waals surface area contributed by atoms with E-state index < -0.39 is 11.9 Å². The van der Waals surface area contributed by atoms with E-state index in [2.05, 4.69) is 16.2 Å². The molecule has 1 atom stereocenters. The lowest BCUT2D eigenvalue weighted by Gasteiger charge is -2.23. The highest BCUT2D eigenvalue weighted by molar-refractivity contribution is 5.97. The fourth-order valence-corrected chi connectivity index (χ4v) is 3.60. The number of amides is 1. The van der Waals surface area contributed by atoms with Crippen molar-refractivity contribution < 1.29 is 13.9 Å². The van der Waals surface area contributed by atoms with Gasteiger partial charge in [-0.1, -0.05) is 0 Å². The fourth-order valence-electron chi connectivity index (χ4n) is 3.60. The number of fused-ring (bicyclic) bond motifs is 5. The number of ether oxygens (including phenoxy) is 1. The molecule has 30 heavy (non-hydrogen) atoms. The molecule has 1 aliphatic rings. The number of nitrogens with zero attached hydrogens (tertiary/aromatic N) is 5. The number of hydrogen-bond donors (Lipinski definition) is 1. The van der Waals surface area contributed by atoms with E-state index in [1.165, 1.54) is 27.8 Å². The molecule has 152 valence electrons. The van der Waals surface area contributed by atoms with Gasteiger partial charge in [0, 0.05) is 43.0 Å². The molecule has 9 heteroatoms. The molecule has 2 N–H and O–H groups in total. The fraction of sp³-hybridized carbons (Fsp3) is 0.238. The first-order chi connectivity index (χ1) is 14.3. The number of aryl methyl sites for hydroxylation is 1. The molecule has 3 heterocycles. The monoisotopic (exact) mass is 406 g/mol. The number of pyridine rings is 1. The molecule has 1 unspecified atom stereocenters. The summed E-state index contributed by atoms with van der Waals surface area (Å²) in [5.41, 5.74) is 8.95. The van der Waals surface area contributed by atoms with E-state index in [9.17, 15) is 14.4 Å². The lowest BCUT2D eigenvalue weighted by Crippen LogP contribution is -2.27. The first kappa shape index (κ1) is 19.4. The summed E-state index contributed by atoms with van der Waals surface area (Å²) >= 11 is 0. The molecule has 0 saturated heterocycles. The minimum Gasteiger partial charge on any atom is -0.485 e. The largest absolute Gasteiger partial charge is 0.485 e. The van der Waals surface area contributed by atoms with Crippen LogP contribution in [0.2, 0.25) is 0 Å². The summed E-state index contributed by atoms with van der Waals surface area (Å²) < 4.78 is 21.3. The van der Waals surface area contributed by atoms with Gasteiger partial charge in [-0.05, 0) is 25.1 Å². The number of rotatable bonds is 0. The minimum absolute atomic E-state index is 0.115.